The quantitative estimate of drug-likeness (QED) is 0.551. The fourth-order valence-corrected chi connectivity index (χ4v) is 6.28. The summed E-state index contributed by atoms with van der Waals surface area (Å²) in [5.74, 6) is 0. The lowest BCUT2D eigenvalue weighted by atomic mass is 10.4. The Labute approximate surface area is 126 Å². The Morgan fingerprint density at radius 3 is 0.950 bits per heavy atom. The van der Waals surface area contributed by atoms with Gasteiger partial charge in [-0.25, -0.2) is 0 Å². The molecule has 0 fully saturated rings. The standard InChI is InChI=1S/C18H16PS/c20-19(16-10-4-1-5-11-16,17-12-6-2-7-13-17)18-14-8-3-9-15-18/h1-15,20H/q+1. The molecule has 0 spiro atoms. The van der Waals surface area contributed by atoms with Crippen molar-refractivity contribution in [3.05, 3.63) is 91.0 Å². The van der Waals surface area contributed by atoms with Crippen LogP contribution in [0.1, 0.15) is 0 Å². The Morgan fingerprint density at radius 2 is 0.700 bits per heavy atom. The molecule has 0 N–H and O–H groups in total. The van der Waals surface area contributed by atoms with Crippen molar-refractivity contribution in [3.8, 4) is 0 Å². The summed E-state index contributed by atoms with van der Waals surface area (Å²) in [6, 6.07) is 31.8. The number of thiol groups is 1. The molecule has 0 nitrogen and oxygen atoms in total. The van der Waals surface area contributed by atoms with E-state index in [-0.39, 0.29) is 0 Å². The van der Waals surface area contributed by atoms with Crippen LogP contribution in [0.2, 0.25) is 0 Å². The van der Waals surface area contributed by atoms with Crippen LogP contribution in [0.3, 0.4) is 0 Å². The Bertz CT molecular complexity index is 569. The SMILES string of the molecule is S[P+](c1ccccc1)(c1ccccc1)c1ccccc1. The topological polar surface area (TPSA) is 0 Å². The molecule has 0 unspecified atom stereocenters. The van der Waals surface area contributed by atoms with E-state index in [2.05, 4.69) is 91.0 Å². The fourth-order valence-electron chi connectivity index (χ4n) is 2.38. The monoisotopic (exact) mass is 295 g/mol. The van der Waals surface area contributed by atoms with Crippen LogP contribution in [0.15, 0.2) is 91.0 Å². The van der Waals surface area contributed by atoms with Crippen molar-refractivity contribution in [1.29, 1.82) is 0 Å². The maximum atomic E-state index is 5.20. The van der Waals surface area contributed by atoms with Gasteiger partial charge >= 0.3 is 0 Å². The number of benzene rings is 3. The predicted molar refractivity (Wildman–Crippen MR) is 94.1 cm³/mol. The summed E-state index contributed by atoms with van der Waals surface area (Å²) in [5.41, 5.74) is 0. The zero-order chi connectivity index (χ0) is 13.8. The first kappa shape index (κ1) is 13.4. The van der Waals surface area contributed by atoms with Crippen LogP contribution < -0.4 is 15.9 Å². The molecule has 0 atom stereocenters. The lowest BCUT2D eigenvalue weighted by Crippen LogP contribution is -2.26. The van der Waals surface area contributed by atoms with Crippen molar-refractivity contribution in [2.45, 2.75) is 0 Å². The lowest BCUT2D eigenvalue weighted by molar-refractivity contribution is 1.73. The lowest BCUT2D eigenvalue weighted by Gasteiger charge is -2.20. The molecular formula is C18H16PS+. The third-order valence-corrected chi connectivity index (χ3v) is 8.60. The molecule has 98 valence electrons. The van der Waals surface area contributed by atoms with Crippen molar-refractivity contribution < 1.29 is 0 Å². The van der Waals surface area contributed by atoms with Gasteiger partial charge in [0, 0.05) is 12.2 Å². The average Bonchev–Trinajstić information content (AvgIpc) is 2.56. The molecule has 2 heteroatoms. The minimum Gasteiger partial charge on any atom is -0.0620 e. The smallest absolute Gasteiger partial charge is 0.0620 e. The molecule has 0 heterocycles. The van der Waals surface area contributed by atoms with Gasteiger partial charge in [0.2, 0.25) is 0 Å². The Balaban J connectivity index is 2.24. The number of hydrogen-bond donors (Lipinski definition) is 1. The highest BCUT2D eigenvalue weighted by Gasteiger charge is 2.41. The summed E-state index contributed by atoms with van der Waals surface area (Å²) in [4.78, 5) is 0. The van der Waals surface area contributed by atoms with Crippen LogP contribution >= 0.6 is 18.7 Å². The number of hydrogen-bond acceptors (Lipinski definition) is 1. The van der Waals surface area contributed by atoms with Gasteiger partial charge in [-0.05, 0) is 36.4 Å². The Morgan fingerprint density at radius 1 is 0.450 bits per heavy atom. The van der Waals surface area contributed by atoms with Crippen LogP contribution in [0.5, 0.6) is 0 Å². The predicted octanol–water partition coefficient (Wildman–Crippen LogP) is 3.83. The molecule has 3 aromatic rings. The van der Waals surface area contributed by atoms with Gasteiger partial charge in [0.25, 0.3) is 0 Å². The molecule has 0 aliphatic carbocycles. The highest BCUT2D eigenvalue weighted by atomic mass is 32.7. The zero-order valence-electron chi connectivity index (χ0n) is 11.1. The average molecular weight is 295 g/mol. The van der Waals surface area contributed by atoms with Crippen LogP contribution in [0.25, 0.3) is 0 Å². The largest absolute Gasteiger partial charge is 0.167 e. The highest BCUT2D eigenvalue weighted by molar-refractivity contribution is 8.61. The number of rotatable bonds is 3. The minimum atomic E-state index is -1.83. The van der Waals surface area contributed by atoms with E-state index >= 15 is 0 Å². The van der Waals surface area contributed by atoms with Gasteiger partial charge in [-0.1, -0.05) is 54.6 Å². The summed E-state index contributed by atoms with van der Waals surface area (Å²) in [6.07, 6.45) is 0. The van der Waals surface area contributed by atoms with E-state index in [1.807, 2.05) is 0 Å². The Kier molecular flexibility index (Phi) is 3.91. The van der Waals surface area contributed by atoms with Gasteiger partial charge in [-0.15, -0.1) is 0 Å². The van der Waals surface area contributed by atoms with E-state index in [1.54, 1.807) is 0 Å². The van der Waals surface area contributed by atoms with Gasteiger partial charge in [-0.2, -0.15) is 0 Å². The van der Waals surface area contributed by atoms with Crippen molar-refractivity contribution in [3.63, 3.8) is 0 Å². The summed E-state index contributed by atoms with van der Waals surface area (Å²) < 4.78 is 0. The molecule has 20 heavy (non-hydrogen) atoms. The van der Waals surface area contributed by atoms with E-state index in [0.717, 1.165) is 0 Å². The second-order valence-corrected chi connectivity index (χ2v) is 9.26. The molecular weight excluding hydrogens is 279 g/mol. The van der Waals surface area contributed by atoms with E-state index in [1.165, 1.54) is 15.9 Å². The first-order chi connectivity index (χ1) is 9.82. The molecule has 3 rings (SSSR count). The molecule has 0 aromatic heterocycles. The van der Waals surface area contributed by atoms with E-state index in [0.29, 0.717) is 0 Å². The second kappa shape index (κ2) is 5.83. The molecule has 0 saturated carbocycles. The molecule has 0 aliphatic heterocycles. The molecule has 0 amide bonds. The summed E-state index contributed by atoms with van der Waals surface area (Å²) in [7, 11) is 0. The van der Waals surface area contributed by atoms with Crippen LogP contribution in [0, 0.1) is 0 Å². The van der Waals surface area contributed by atoms with Crippen LogP contribution in [-0.2, 0) is 0 Å². The Hall–Kier alpha value is -1.56. The highest BCUT2D eigenvalue weighted by Crippen LogP contribution is 2.59. The van der Waals surface area contributed by atoms with Gasteiger partial charge in [-0.3, -0.25) is 0 Å². The minimum absolute atomic E-state index is 1.29. The normalized spacial score (nSPS) is 11.2. The van der Waals surface area contributed by atoms with Crippen LogP contribution in [0.4, 0.5) is 0 Å². The van der Waals surface area contributed by atoms with Crippen molar-refractivity contribution in [2.24, 2.45) is 0 Å². The maximum absolute atomic E-state index is 5.20. The first-order valence-corrected chi connectivity index (χ1v) is 9.54. The van der Waals surface area contributed by atoms with Gasteiger partial charge in [0.15, 0.2) is 6.46 Å². The zero-order valence-corrected chi connectivity index (χ0v) is 12.8. The molecule has 0 aliphatic rings. The van der Waals surface area contributed by atoms with Crippen LogP contribution in [-0.4, -0.2) is 0 Å². The van der Waals surface area contributed by atoms with E-state index in [4.69, 9.17) is 12.2 Å². The second-order valence-electron chi connectivity index (χ2n) is 4.64. The van der Waals surface area contributed by atoms with Crippen molar-refractivity contribution >= 4 is 34.6 Å². The molecule has 0 saturated heterocycles. The van der Waals surface area contributed by atoms with Gasteiger partial charge in [0.05, 0.1) is 0 Å². The summed E-state index contributed by atoms with van der Waals surface area (Å²) >= 11 is 5.20. The van der Waals surface area contributed by atoms with Crippen molar-refractivity contribution in [2.75, 3.05) is 0 Å². The van der Waals surface area contributed by atoms with Gasteiger partial charge in [0.1, 0.15) is 15.9 Å². The third kappa shape index (κ3) is 2.40. The third-order valence-electron chi connectivity index (χ3n) is 3.39. The summed E-state index contributed by atoms with van der Waals surface area (Å²) in [6.45, 7) is -1.83. The molecule has 0 radical (unpaired) electrons. The van der Waals surface area contributed by atoms with E-state index in [9.17, 15) is 0 Å². The first-order valence-electron chi connectivity index (χ1n) is 6.60. The van der Waals surface area contributed by atoms with Gasteiger partial charge < -0.3 is 0 Å². The maximum Gasteiger partial charge on any atom is 0.167 e. The fraction of sp³-hybridized carbons (Fsp3) is 0. The van der Waals surface area contributed by atoms with E-state index < -0.39 is 6.46 Å². The summed E-state index contributed by atoms with van der Waals surface area (Å²) in [5, 5.41) is 3.88. The molecule has 3 aromatic carbocycles. The van der Waals surface area contributed by atoms with Crippen molar-refractivity contribution in [1.82, 2.24) is 0 Å². The molecule has 0 bridgehead atoms.